The predicted octanol–water partition coefficient (Wildman–Crippen LogP) is 1.06. The number of aliphatic hydroxyl groups excluding tert-OH is 1. The van der Waals surface area contributed by atoms with Gasteiger partial charge in [0.1, 0.15) is 0 Å². The van der Waals surface area contributed by atoms with Crippen LogP contribution in [0.1, 0.15) is 34.1 Å². The third-order valence-electron chi connectivity index (χ3n) is 2.52. The molecule has 0 aliphatic rings. The van der Waals surface area contributed by atoms with E-state index in [2.05, 4.69) is 32.6 Å². The molecule has 0 heterocycles. The molecule has 0 amide bonds. The first-order chi connectivity index (χ1) is 6.43. The molecule has 0 aromatic carbocycles. The molecular formula is C11H26N2O. The lowest BCUT2D eigenvalue weighted by Gasteiger charge is -2.34. The average molecular weight is 202 g/mol. The van der Waals surface area contributed by atoms with Crippen molar-refractivity contribution in [2.45, 2.75) is 40.2 Å². The summed E-state index contributed by atoms with van der Waals surface area (Å²) in [6, 6.07) is 0.521. The van der Waals surface area contributed by atoms with Crippen LogP contribution in [0.15, 0.2) is 0 Å². The molecule has 0 unspecified atom stereocenters. The molecule has 0 aliphatic carbocycles. The number of nitrogens with two attached hydrogens (primary N) is 1. The Morgan fingerprint density at radius 3 is 2.29 bits per heavy atom. The molecule has 3 heteroatoms. The minimum atomic E-state index is 0.166. The molecule has 0 rings (SSSR count). The highest BCUT2D eigenvalue weighted by Gasteiger charge is 2.21. The lowest BCUT2D eigenvalue weighted by molar-refractivity contribution is 0.136. The summed E-state index contributed by atoms with van der Waals surface area (Å²) >= 11 is 0. The molecule has 86 valence electrons. The van der Waals surface area contributed by atoms with E-state index in [0.717, 1.165) is 19.5 Å². The first kappa shape index (κ1) is 13.9. The second-order valence-corrected chi connectivity index (χ2v) is 5.01. The van der Waals surface area contributed by atoms with Crippen LogP contribution < -0.4 is 5.73 Å². The second kappa shape index (κ2) is 6.38. The van der Waals surface area contributed by atoms with Crippen molar-refractivity contribution in [2.24, 2.45) is 11.1 Å². The van der Waals surface area contributed by atoms with E-state index in [9.17, 15) is 0 Å². The van der Waals surface area contributed by atoms with E-state index >= 15 is 0 Å². The Morgan fingerprint density at radius 2 is 1.93 bits per heavy atom. The Morgan fingerprint density at radius 1 is 1.36 bits per heavy atom. The highest BCUT2D eigenvalue weighted by molar-refractivity contribution is 4.76. The monoisotopic (exact) mass is 202 g/mol. The number of nitrogens with zero attached hydrogens (tertiary/aromatic N) is 1. The van der Waals surface area contributed by atoms with Crippen molar-refractivity contribution < 1.29 is 5.11 Å². The van der Waals surface area contributed by atoms with Gasteiger partial charge in [0, 0.05) is 25.7 Å². The SMILES string of the molecule is CC(C)N(CCCO)CC(C)(C)CN. The van der Waals surface area contributed by atoms with Crippen LogP contribution in [-0.4, -0.2) is 42.3 Å². The quantitative estimate of drug-likeness (QED) is 0.649. The van der Waals surface area contributed by atoms with Crippen LogP contribution in [0.3, 0.4) is 0 Å². The van der Waals surface area contributed by atoms with Gasteiger partial charge in [-0.05, 0) is 32.2 Å². The highest BCUT2D eigenvalue weighted by Crippen LogP contribution is 2.16. The molecule has 14 heavy (non-hydrogen) atoms. The van der Waals surface area contributed by atoms with Crippen LogP contribution in [-0.2, 0) is 0 Å². The largest absolute Gasteiger partial charge is 0.396 e. The fourth-order valence-corrected chi connectivity index (χ4v) is 1.41. The molecule has 3 N–H and O–H groups in total. The summed E-state index contributed by atoms with van der Waals surface area (Å²) in [5, 5.41) is 8.80. The van der Waals surface area contributed by atoms with Crippen molar-refractivity contribution in [3.8, 4) is 0 Å². The summed E-state index contributed by atoms with van der Waals surface area (Å²) in [6.45, 7) is 11.7. The maximum atomic E-state index is 8.80. The van der Waals surface area contributed by atoms with E-state index in [1.807, 2.05) is 0 Å². The molecule has 0 bridgehead atoms. The van der Waals surface area contributed by atoms with Gasteiger partial charge in [0.2, 0.25) is 0 Å². The van der Waals surface area contributed by atoms with E-state index < -0.39 is 0 Å². The first-order valence-electron chi connectivity index (χ1n) is 5.48. The number of hydrogen-bond acceptors (Lipinski definition) is 3. The average Bonchev–Trinajstić information content (AvgIpc) is 2.12. The Labute approximate surface area is 88.3 Å². The Hall–Kier alpha value is -0.120. The van der Waals surface area contributed by atoms with Crippen LogP contribution in [0, 0.1) is 5.41 Å². The van der Waals surface area contributed by atoms with Crippen molar-refractivity contribution in [2.75, 3.05) is 26.2 Å². The normalized spacial score (nSPS) is 12.9. The fraction of sp³-hybridized carbons (Fsp3) is 1.00. The summed E-state index contributed by atoms with van der Waals surface area (Å²) in [5.74, 6) is 0. The molecule has 0 fully saturated rings. The van der Waals surface area contributed by atoms with Gasteiger partial charge in [0.25, 0.3) is 0 Å². The zero-order chi connectivity index (χ0) is 11.2. The van der Waals surface area contributed by atoms with Crippen molar-refractivity contribution in [3.05, 3.63) is 0 Å². The second-order valence-electron chi connectivity index (χ2n) is 5.01. The Kier molecular flexibility index (Phi) is 6.33. The first-order valence-corrected chi connectivity index (χ1v) is 5.48. The van der Waals surface area contributed by atoms with Crippen molar-refractivity contribution in [1.82, 2.24) is 4.90 Å². The van der Waals surface area contributed by atoms with Gasteiger partial charge >= 0.3 is 0 Å². The van der Waals surface area contributed by atoms with E-state index in [1.54, 1.807) is 0 Å². The van der Waals surface area contributed by atoms with Gasteiger partial charge in [-0.2, -0.15) is 0 Å². The fourth-order valence-electron chi connectivity index (χ4n) is 1.41. The van der Waals surface area contributed by atoms with Crippen LogP contribution in [0.5, 0.6) is 0 Å². The number of hydrogen-bond donors (Lipinski definition) is 2. The molecular weight excluding hydrogens is 176 g/mol. The van der Waals surface area contributed by atoms with Gasteiger partial charge in [-0.25, -0.2) is 0 Å². The summed E-state index contributed by atoms with van der Waals surface area (Å²) in [4.78, 5) is 2.38. The Bertz CT molecular complexity index is 146. The van der Waals surface area contributed by atoms with Gasteiger partial charge in [-0.1, -0.05) is 13.8 Å². The van der Waals surface area contributed by atoms with E-state index in [1.165, 1.54) is 0 Å². The molecule has 0 aliphatic heterocycles. The van der Waals surface area contributed by atoms with Gasteiger partial charge in [-0.3, -0.25) is 0 Å². The van der Waals surface area contributed by atoms with Crippen LogP contribution in [0.2, 0.25) is 0 Å². The maximum absolute atomic E-state index is 8.80. The van der Waals surface area contributed by atoms with Crippen LogP contribution >= 0.6 is 0 Å². The summed E-state index contributed by atoms with van der Waals surface area (Å²) in [6.07, 6.45) is 0.846. The maximum Gasteiger partial charge on any atom is 0.0443 e. The van der Waals surface area contributed by atoms with Crippen molar-refractivity contribution in [3.63, 3.8) is 0 Å². The van der Waals surface area contributed by atoms with Gasteiger partial charge in [-0.15, -0.1) is 0 Å². The lowest BCUT2D eigenvalue weighted by Crippen LogP contribution is -2.42. The number of aliphatic hydroxyl groups is 1. The minimum Gasteiger partial charge on any atom is -0.396 e. The van der Waals surface area contributed by atoms with Crippen molar-refractivity contribution in [1.29, 1.82) is 0 Å². The van der Waals surface area contributed by atoms with Gasteiger partial charge in [0.05, 0.1) is 0 Å². The van der Waals surface area contributed by atoms with E-state index in [-0.39, 0.29) is 12.0 Å². The van der Waals surface area contributed by atoms with Crippen molar-refractivity contribution >= 4 is 0 Å². The zero-order valence-electron chi connectivity index (χ0n) is 10.1. The van der Waals surface area contributed by atoms with E-state index in [4.69, 9.17) is 10.8 Å². The molecule has 0 saturated heterocycles. The third-order valence-corrected chi connectivity index (χ3v) is 2.52. The topological polar surface area (TPSA) is 49.5 Å². The van der Waals surface area contributed by atoms with Gasteiger partial charge in [0.15, 0.2) is 0 Å². The standard InChI is InChI=1S/C11H26N2O/c1-10(2)13(6-5-7-14)9-11(3,4)8-12/h10,14H,5-9,12H2,1-4H3. The lowest BCUT2D eigenvalue weighted by atomic mass is 9.92. The smallest absolute Gasteiger partial charge is 0.0443 e. The molecule has 0 aromatic rings. The molecule has 0 radical (unpaired) electrons. The van der Waals surface area contributed by atoms with Crippen LogP contribution in [0.25, 0.3) is 0 Å². The summed E-state index contributed by atoms with van der Waals surface area (Å²) in [5.41, 5.74) is 5.87. The Balaban J connectivity index is 4.08. The molecule has 0 spiro atoms. The predicted molar refractivity (Wildman–Crippen MR) is 61.2 cm³/mol. The molecule has 0 atom stereocenters. The summed E-state index contributed by atoms with van der Waals surface area (Å²) in [7, 11) is 0. The van der Waals surface area contributed by atoms with E-state index in [0.29, 0.717) is 12.6 Å². The third kappa shape index (κ3) is 5.58. The molecule has 3 nitrogen and oxygen atoms in total. The number of rotatable bonds is 7. The highest BCUT2D eigenvalue weighted by atomic mass is 16.3. The zero-order valence-corrected chi connectivity index (χ0v) is 10.1. The minimum absolute atomic E-state index is 0.166. The van der Waals surface area contributed by atoms with Crippen LogP contribution in [0.4, 0.5) is 0 Å². The molecule has 0 aromatic heterocycles. The summed E-state index contributed by atoms with van der Waals surface area (Å²) < 4.78 is 0. The van der Waals surface area contributed by atoms with Gasteiger partial charge < -0.3 is 15.7 Å². The molecule has 0 saturated carbocycles.